The lowest BCUT2D eigenvalue weighted by Gasteiger charge is -2.26. The van der Waals surface area contributed by atoms with Crippen LogP contribution in [0, 0.1) is 13.8 Å². The maximum Gasteiger partial charge on any atom is 0.315 e. The van der Waals surface area contributed by atoms with Crippen LogP contribution in [-0.2, 0) is 14.3 Å². The molecule has 1 fully saturated rings. The molecule has 0 aromatic carbocycles. The predicted molar refractivity (Wildman–Crippen MR) is 87.5 cm³/mol. The lowest BCUT2D eigenvalue weighted by Crippen LogP contribution is -2.46. The van der Waals surface area contributed by atoms with Crippen LogP contribution in [0.1, 0.15) is 11.4 Å². The number of hydrogen-bond donors (Lipinski definition) is 2. The van der Waals surface area contributed by atoms with Crippen molar-refractivity contribution in [3.8, 4) is 5.95 Å². The van der Waals surface area contributed by atoms with Gasteiger partial charge in [0, 0.05) is 30.9 Å². The van der Waals surface area contributed by atoms with Crippen LogP contribution in [0.3, 0.4) is 0 Å². The Morgan fingerprint density at radius 3 is 2.60 bits per heavy atom. The van der Waals surface area contributed by atoms with Crippen molar-refractivity contribution in [2.45, 2.75) is 13.8 Å². The fourth-order valence-electron chi connectivity index (χ4n) is 2.49. The van der Waals surface area contributed by atoms with E-state index in [0.717, 1.165) is 0 Å². The maximum atomic E-state index is 12.3. The second-order valence-corrected chi connectivity index (χ2v) is 5.65. The Morgan fingerprint density at radius 1 is 1.20 bits per heavy atom. The highest BCUT2D eigenvalue weighted by Gasteiger charge is 2.25. The summed E-state index contributed by atoms with van der Waals surface area (Å²) in [5.41, 5.74) is 0.768. The van der Waals surface area contributed by atoms with Crippen molar-refractivity contribution in [2.75, 3.05) is 31.6 Å². The number of carbonyl (C=O) groups is 2. The number of nitrogens with one attached hydrogen (secondary N) is 2. The van der Waals surface area contributed by atoms with Gasteiger partial charge in [-0.15, -0.1) is 0 Å². The molecule has 10 heteroatoms. The number of ether oxygens (including phenoxy) is 1. The van der Waals surface area contributed by atoms with Gasteiger partial charge in [-0.2, -0.15) is 9.78 Å². The third-order valence-corrected chi connectivity index (χ3v) is 3.62. The van der Waals surface area contributed by atoms with Crippen molar-refractivity contribution < 1.29 is 14.3 Å². The fourth-order valence-corrected chi connectivity index (χ4v) is 2.49. The molecule has 2 aromatic rings. The molecule has 0 bridgehead atoms. The van der Waals surface area contributed by atoms with Crippen LogP contribution < -0.4 is 10.9 Å². The largest absolute Gasteiger partial charge is 0.378 e. The van der Waals surface area contributed by atoms with E-state index < -0.39 is 11.8 Å². The summed E-state index contributed by atoms with van der Waals surface area (Å²) in [6.07, 6.45) is 0. The van der Waals surface area contributed by atoms with Crippen LogP contribution in [0.25, 0.3) is 5.95 Å². The minimum Gasteiger partial charge on any atom is -0.378 e. The Balaban J connectivity index is 1.84. The van der Waals surface area contributed by atoms with Crippen LogP contribution in [0.4, 0.5) is 5.82 Å². The van der Waals surface area contributed by atoms with Gasteiger partial charge >= 0.3 is 11.8 Å². The van der Waals surface area contributed by atoms with Gasteiger partial charge in [0.25, 0.3) is 5.56 Å². The van der Waals surface area contributed by atoms with E-state index in [1.54, 1.807) is 19.9 Å². The summed E-state index contributed by atoms with van der Waals surface area (Å²) in [7, 11) is 0. The van der Waals surface area contributed by atoms with E-state index in [0.29, 0.717) is 37.7 Å². The van der Waals surface area contributed by atoms with Crippen molar-refractivity contribution in [3.05, 3.63) is 33.9 Å². The molecule has 10 nitrogen and oxygen atoms in total. The Kier molecular flexibility index (Phi) is 4.61. The number of aryl methyl sites for hydroxylation is 2. The van der Waals surface area contributed by atoms with Crippen molar-refractivity contribution in [1.29, 1.82) is 0 Å². The molecule has 2 amide bonds. The minimum atomic E-state index is -0.780. The molecule has 25 heavy (non-hydrogen) atoms. The number of rotatable bonds is 2. The van der Waals surface area contributed by atoms with E-state index in [9.17, 15) is 14.4 Å². The average Bonchev–Trinajstić information content (AvgIpc) is 2.94. The molecule has 0 spiro atoms. The predicted octanol–water partition coefficient (Wildman–Crippen LogP) is -0.630. The molecule has 0 aliphatic carbocycles. The zero-order valence-electron chi connectivity index (χ0n) is 13.9. The summed E-state index contributed by atoms with van der Waals surface area (Å²) in [6.45, 7) is 4.96. The van der Waals surface area contributed by atoms with Gasteiger partial charge in [0.05, 0.1) is 18.9 Å². The number of morpholine rings is 1. The summed E-state index contributed by atoms with van der Waals surface area (Å²) in [5, 5.41) is 6.75. The van der Waals surface area contributed by atoms with Crippen LogP contribution in [0.2, 0.25) is 0 Å². The lowest BCUT2D eigenvalue weighted by atomic mass is 10.3. The lowest BCUT2D eigenvalue weighted by molar-refractivity contribution is -0.145. The van der Waals surface area contributed by atoms with Gasteiger partial charge in [-0.05, 0) is 13.8 Å². The first-order valence-electron chi connectivity index (χ1n) is 7.77. The highest BCUT2D eigenvalue weighted by molar-refractivity contribution is 6.39. The Hall–Kier alpha value is -3.01. The molecule has 0 saturated carbocycles. The number of nitrogens with zero attached hydrogens (tertiary/aromatic N) is 4. The highest BCUT2D eigenvalue weighted by Crippen LogP contribution is 2.14. The second kappa shape index (κ2) is 6.85. The molecule has 3 heterocycles. The first kappa shape index (κ1) is 16.8. The van der Waals surface area contributed by atoms with Crippen molar-refractivity contribution in [3.63, 3.8) is 0 Å². The molecule has 2 N–H and O–H groups in total. The van der Waals surface area contributed by atoms with E-state index in [-0.39, 0.29) is 17.3 Å². The number of aromatic amines is 1. The molecule has 2 aromatic heterocycles. The maximum absolute atomic E-state index is 12.3. The van der Waals surface area contributed by atoms with Gasteiger partial charge in [0.15, 0.2) is 0 Å². The Bertz CT molecular complexity index is 865. The van der Waals surface area contributed by atoms with E-state index in [2.05, 4.69) is 20.4 Å². The van der Waals surface area contributed by atoms with E-state index in [1.165, 1.54) is 15.6 Å². The third-order valence-electron chi connectivity index (χ3n) is 3.62. The summed E-state index contributed by atoms with van der Waals surface area (Å²) < 4.78 is 6.45. The fraction of sp³-hybridized carbons (Fsp3) is 0.400. The summed E-state index contributed by atoms with van der Waals surface area (Å²) in [4.78, 5) is 44.3. The zero-order valence-corrected chi connectivity index (χ0v) is 13.9. The van der Waals surface area contributed by atoms with Gasteiger partial charge in [0.1, 0.15) is 5.82 Å². The van der Waals surface area contributed by atoms with Gasteiger partial charge in [-0.1, -0.05) is 0 Å². The summed E-state index contributed by atoms with van der Waals surface area (Å²) >= 11 is 0. The Morgan fingerprint density at radius 2 is 1.92 bits per heavy atom. The minimum absolute atomic E-state index is 0.159. The number of amides is 2. The number of H-pyrrole nitrogens is 1. The molecular weight excluding hydrogens is 328 g/mol. The quantitative estimate of drug-likeness (QED) is 0.698. The first-order valence-corrected chi connectivity index (χ1v) is 7.77. The van der Waals surface area contributed by atoms with E-state index >= 15 is 0 Å². The molecular formula is C15H18N6O4. The van der Waals surface area contributed by atoms with Crippen LogP contribution in [-0.4, -0.2) is 62.8 Å². The smallest absolute Gasteiger partial charge is 0.315 e. The van der Waals surface area contributed by atoms with E-state index in [4.69, 9.17) is 4.74 Å². The molecule has 0 atom stereocenters. The van der Waals surface area contributed by atoms with Crippen molar-refractivity contribution >= 4 is 17.6 Å². The van der Waals surface area contributed by atoms with E-state index in [1.807, 2.05) is 0 Å². The zero-order chi connectivity index (χ0) is 18.0. The average molecular weight is 346 g/mol. The summed E-state index contributed by atoms with van der Waals surface area (Å²) in [5.74, 6) is -1.01. The van der Waals surface area contributed by atoms with Gasteiger partial charge in [0.2, 0.25) is 5.95 Å². The number of hydrogen-bond acceptors (Lipinski definition) is 6. The molecule has 0 radical (unpaired) electrons. The van der Waals surface area contributed by atoms with Crippen LogP contribution >= 0.6 is 0 Å². The topological polar surface area (TPSA) is 122 Å². The van der Waals surface area contributed by atoms with Crippen molar-refractivity contribution in [1.82, 2.24) is 24.6 Å². The number of aromatic nitrogens is 4. The number of anilines is 1. The third kappa shape index (κ3) is 3.74. The standard InChI is InChI=1S/C15H18N6O4/c1-9-8-12(22)18-15(16-9)21-11(7-10(2)19-21)17-13(23)14(24)20-3-5-25-6-4-20/h7-8H,3-6H2,1-2H3,(H,17,23)(H,16,18,22). The second-order valence-electron chi connectivity index (χ2n) is 5.65. The molecule has 3 rings (SSSR count). The molecule has 132 valence electrons. The van der Waals surface area contributed by atoms with Crippen molar-refractivity contribution in [2.24, 2.45) is 0 Å². The summed E-state index contributed by atoms with van der Waals surface area (Å²) in [6, 6.07) is 2.94. The highest BCUT2D eigenvalue weighted by atomic mass is 16.5. The normalized spacial score (nSPS) is 14.4. The van der Waals surface area contributed by atoms with Crippen LogP contribution in [0.15, 0.2) is 16.9 Å². The van der Waals surface area contributed by atoms with Gasteiger partial charge in [-0.25, -0.2) is 4.98 Å². The van der Waals surface area contributed by atoms with Gasteiger partial charge < -0.3 is 15.0 Å². The van der Waals surface area contributed by atoms with Crippen LogP contribution in [0.5, 0.6) is 0 Å². The SMILES string of the molecule is Cc1cc(=O)[nH]c(-n2nc(C)cc2NC(=O)C(=O)N2CCOCC2)n1. The monoisotopic (exact) mass is 346 g/mol. The molecule has 0 unspecified atom stereocenters. The molecule has 1 aliphatic heterocycles. The number of carbonyl (C=O) groups excluding carboxylic acids is 2. The van der Waals surface area contributed by atoms with Gasteiger partial charge in [-0.3, -0.25) is 19.4 Å². The Labute approximate surface area is 142 Å². The first-order chi connectivity index (χ1) is 11.9. The molecule has 1 aliphatic rings. The molecule has 1 saturated heterocycles.